The van der Waals surface area contributed by atoms with Gasteiger partial charge in [-0.15, -0.1) is 6.58 Å². The summed E-state index contributed by atoms with van der Waals surface area (Å²) in [4.78, 5) is 26.5. The second-order valence-electron chi connectivity index (χ2n) is 5.46. The Morgan fingerprint density at radius 1 is 1.36 bits per heavy atom. The largest absolute Gasteiger partial charge is 0.460 e. The highest BCUT2D eigenvalue weighted by atomic mass is 35.5. The maximum Gasteiger partial charge on any atom is 0.338 e. The van der Waals surface area contributed by atoms with E-state index in [4.69, 9.17) is 21.1 Å². The van der Waals surface area contributed by atoms with Gasteiger partial charge in [0.25, 0.3) is 0 Å². The molecular formula is C18H21ClN2O4. The van der Waals surface area contributed by atoms with E-state index >= 15 is 0 Å². The van der Waals surface area contributed by atoms with E-state index in [0.717, 1.165) is 5.56 Å². The van der Waals surface area contributed by atoms with Gasteiger partial charge in [0, 0.05) is 24.4 Å². The van der Waals surface area contributed by atoms with Gasteiger partial charge in [-0.25, -0.2) is 9.59 Å². The van der Waals surface area contributed by atoms with Crippen LogP contribution in [0.5, 0.6) is 0 Å². The number of nitrogens with zero attached hydrogens (tertiary/aromatic N) is 1. The Morgan fingerprint density at radius 3 is 2.64 bits per heavy atom. The van der Waals surface area contributed by atoms with Gasteiger partial charge < -0.3 is 14.8 Å². The lowest BCUT2D eigenvalue weighted by atomic mass is 9.95. The predicted octanol–water partition coefficient (Wildman–Crippen LogP) is 3.06. The molecule has 1 aromatic carbocycles. The van der Waals surface area contributed by atoms with Crippen LogP contribution in [0.3, 0.4) is 0 Å². The number of halogens is 1. The molecule has 0 aromatic heterocycles. The van der Waals surface area contributed by atoms with Gasteiger partial charge >= 0.3 is 12.0 Å². The van der Waals surface area contributed by atoms with Crippen LogP contribution in [0.2, 0.25) is 5.02 Å². The first kappa shape index (κ1) is 19.0. The molecule has 1 N–H and O–H groups in total. The summed E-state index contributed by atoms with van der Waals surface area (Å²) in [5.74, 6) is -0.497. The average molecular weight is 365 g/mol. The van der Waals surface area contributed by atoms with Gasteiger partial charge in [0.15, 0.2) is 0 Å². The molecule has 0 spiro atoms. The fourth-order valence-corrected chi connectivity index (χ4v) is 2.72. The number of allylic oxidation sites excluding steroid dienone is 1. The molecule has 0 aliphatic carbocycles. The van der Waals surface area contributed by atoms with Gasteiger partial charge in [0.1, 0.15) is 6.61 Å². The average Bonchev–Trinajstić information content (AvgIpc) is 2.59. The van der Waals surface area contributed by atoms with Crippen molar-refractivity contribution in [3.8, 4) is 0 Å². The van der Waals surface area contributed by atoms with E-state index in [9.17, 15) is 9.59 Å². The Balaban J connectivity index is 2.41. The molecule has 1 heterocycles. The van der Waals surface area contributed by atoms with Crippen molar-refractivity contribution in [3.05, 3.63) is 58.8 Å². The lowest BCUT2D eigenvalue weighted by Gasteiger charge is -2.34. The molecule has 1 aliphatic heterocycles. The molecule has 0 fully saturated rings. The maximum absolute atomic E-state index is 12.6. The fraction of sp³-hybridized carbons (Fsp3) is 0.333. The first-order chi connectivity index (χ1) is 12.0. The number of carbonyl (C=O) groups excluding carboxylic acids is 2. The Kier molecular flexibility index (Phi) is 6.61. The molecule has 1 aromatic rings. The summed E-state index contributed by atoms with van der Waals surface area (Å²) in [5.41, 5.74) is 1.65. The fourth-order valence-electron chi connectivity index (χ4n) is 2.60. The molecule has 1 atom stereocenters. The van der Waals surface area contributed by atoms with E-state index < -0.39 is 12.0 Å². The summed E-state index contributed by atoms with van der Waals surface area (Å²) in [5, 5.41) is 3.42. The molecule has 134 valence electrons. The quantitative estimate of drug-likeness (QED) is 0.458. The number of methoxy groups -OCH3 is 1. The number of urea groups is 1. The second-order valence-corrected chi connectivity index (χ2v) is 5.90. The third kappa shape index (κ3) is 4.41. The number of hydrogen-bond donors (Lipinski definition) is 1. The molecule has 0 saturated heterocycles. The number of benzene rings is 1. The SMILES string of the molecule is C=CCN1C(=O)NC(c2ccc(Cl)cc2)C(C(=O)OCCOC)=C1C. The van der Waals surface area contributed by atoms with Gasteiger partial charge in [-0.1, -0.05) is 29.8 Å². The van der Waals surface area contributed by atoms with Gasteiger partial charge in [0.2, 0.25) is 0 Å². The summed E-state index contributed by atoms with van der Waals surface area (Å²) in [6, 6.07) is 6.05. The second kappa shape index (κ2) is 8.69. The molecule has 7 heteroatoms. The van der Waals surface area contributed by atoms with Crippen molar-refractivity contribution in [1.82, 2.24) is 10.2 Å². The van der Waals surface area contributed by atoms with E-state index in [1.807, 2.05) is 0 Å². The number of nitrogens with one attached hydrogen (secondary N) is 1. The van der Waals surface area contributed by atoms with Crippen LogP contribution in [0, 0.1) is 0 Å². The van der Waals surface area contributed by atoms with Gasteiger partial charge in [-0.2, -0.15) is 0 Å². The van der Waals surface area contributed by atoms with Crippen LogP contribution in [0.15, 0.2) is 48.2 Å². The van der Waals surface area contributed by atoms with E-state index in [0.29, 0.717) is 29.4 Å². The molecule has 0 bridgehead atoms. The lowest BCUT2D eigenvalue weighted by Crippen LogP contribution is -2.48. The molecule has 25 heavy (non-hydrogen) atoms. The van der Waals surface area contributed by atoms with Crippen LogP contribution in [-0.4, -0.2) is 43.8 Å². The summed E-state index contributed by atoms with van der Waals surface area (Å²) >= 11 is 5.93. The summed E-state index contributed by atoms with van der Waals surface area (Å²) in [6.07, 6.45) is 1.60. The Bertz CT molecular complexity index is 685. The summed E-state index contributed by atoms with van der Waals surface area (Å²) < 4.78 is 10.2. The molecule has 6 nitrogen and oxygen atoms in total. The number of hydrogen-bond acceptors (Lipinski definition) is 4. The highest BCUT2D eigenvalue weighted by Crippen LogP contribution is 2.31. The number of carbonyl (C=O) groups is 2. The monoisotopic (exact) mass is 364 g/mol. The number of esters is 1. The van der Waals surface area contributed by atoms with Crippen LogP contribution in [0.1, 0.15) is 18.5 Å². The molecular weight excluding hydrogens is 344 g/mol. The van der Waals surface area contributed by atoms with Crippen molar-refractivity contribution in [2.75, 3.05) is 26.9 Å². The minimum Gasteiger partial charge on any atom is -0.460 e. The highest BCUT2D eigenvalue weighted by molar-refractivity contribution is 6.30. The third-order valence-electron chi connectivity index (χ3n) is 3.85. The van der Waals surface area contributed by atoms with Crippen LogP contribution in [0.4, 0.5) is 4.79 Å². The van der Waals surface area contributed by atoms with Crippen molar-refractivity contribution >= 4 is 23.6 Å². The Morgan fingerprint density at radius 2 is 2.04 bits per heavy atom. The van der Waals surface area contributed by atoms with E-state index in [2.05, 4.69) is 11.9 Å². The van der Waals surface area contributed by atoms with Crippen LogP contribution >= 0.6 is 11.6 Å². The topological polar surface area (TPSA) is 67.9 Å². The standard InChI is InChI=1S/C18H21ClN2O4/c1-4-9-21-12(2)15(17(22)25-11-10-24-3)16(20-18(21)23)13-5-7-14(19)8-6-13/h4-8,16H,1,9-11H2,2-3H3,(H,20,23). The van der Waals surface area contributed by atoms with Gasteiger partial charge in [-0.05, 0) is 24.6 Å². The first-order valence-corrected chi connectivity index (χ1v) is 8.18. The van der Waals surface area contributed by atoms with Crippen LogP contribution in [0.25, 0.3) is 0 Å². The minimum absolute atomic E-state index is 0.134. The first-order valence-electron chi connectivity index (χ1n) is 7.80. The van der Waals surface area contributed by atoms with Crippen molar-refractivity contribution in [3.63, 3.8) is 0 Å². The van der Waals surface area contributed by atoms with Crippen molar-refractivity contribution in [1.29, 1.82) is 0 Å². The maximum atomic E-state index is 12.6. The van der Waals surface area contributed by atoms with E-state index in [1.165, 1.54) is 12.0 Å². The molecule has 0 radical (unpaired) electrons. The van der Waals surface area contributed by atoms with Gasteiger partial charge in [-0.3, -0.25) is 4.90 Å². The Labute approximate surface area is 152 Å². The number of rotatable bonds is 7. The van der Waals surface area contributed by atoms with Crippen molar-refractivity contribution in [2.45, 2.75) is 13.0 Å². The zero-order chi connectivity index (χ0) is 18.4. The van der Waals surface area contributed by atoms with Crippen molar-refractivity contribution < 1.29 is 19.1 Å². The van der Waals surface area contributed by atoms with Crippen molar-refractivity contribution in [2.24, 2.45) is 0 Å². The van der Waals surface area contributed by atoms with Crippen LogP contribution < -0.4 is 5.32 Å². The lowest BCUT2D eigenvalue weighted by molar-refractivity contribution is -0.140. The molecule has 1 aliphatic rings. The van der Waals surface area contributed by atoms with Crippen LogP contribution in [-0.2, 0) is 14.3 Å². The third-order valence-corrected chi connectivity index (χ3v) is 4.10. The molecule has 1 unspecified atom stereocenters. The zero-order valence-electron chi connectivity index (χ0n) is 14.3. The number of amides is 2. The predicted molar refractivity (Wildman–Crippen MR) is 95.2 cm³/mol. The van der Waals surface area contributed by atoms with E-state index in [-0.39, 0.29) is 12.6 Å². The highest BCUT2D eigenvalue weighted by Gasteiger charge is 2.36. The summed E-state index contributed by atoms with van der Waals surface area (Å²) in [6.45, 7) is 6.09. The normalized spacial score (nSPS) is 17.3. The Hall–Kier alpha value is -2.31. The van der Waals surface area contributed by atoms with E-state index in [1.54, 1.807) is 37.3 Å². The zero-order valence-corrected chi connectivity index (χ0v) is 15.0. The minimum atomic E-state index is -0.610. The summed E-state index contributed by atoms with van der Waals surface area (Å²) in [7, 11) is 1.53. The number of ether oxygens (including phenoxy) is 2. The molecule has 0 saturated carbocycles. The molecule has 2 rings (SSSR count). The van der Waals surface area contributed by atoms with Gasteiger partial charge in [0.05, 0.1) is 18.2 Å². The smallest absolute Gasteiger partial charge is 0.338 e. The molecule has 2 amide bonds.